The van der Waals surface area contributed by atoms with Crippen LogP contribution in [0.25, 0.3) is 0 Å². The standard InChI is InChI=1S/C9H12N4/c1-6-4-2-3-5-7(6)13-9(12)8(10)11/h2-5H,1H3,(H3,10,11)(H2,12,13). The quantitative estimate of drug-likeness (QED) is 0.439. The van der Waals surface area contributed by atoms with Gasteiger partial charge in [0.25, 0.3) is 0 Å². The summed E-state index contributed by atoms with van der Waals surface area (Å²) in [7, 11) is 0. The molecular formula is C9H12N4. The molecule has 0 saturated heterocycles. The summed E-state index contributed by atoms with van der Waals surface area (Å²) in [5.74, 6) is -0.155. The first-order valence-electron chi connectivity index (χ1n) is 3.85. The van der Waals surface area contributed by atoms with Crippen LogP contribution < -0.4 is 11.5 Å². The van der Waals surface area contributed by atoms with E-state index in [4.69, 9.17) is 16.9 Å². The molecule has 0 aliphatic rings. The molecule has 0 aliphatic carbocycles. The number of benzene rings is 1. The lowest BCUT2D eigenvalue weighted by Gasteiger charge is -2.00. The molecule has 4 heteroatoms. The van der Waals surface area contributed by atoms with Gasteiger partial charge in [-0.1, -0.05) is 18.2 Å². The first kappa shape index (κ1) is 9.25. The number of aliphatic imine (C=N–C) groups is 1. The third kappa shape index (κ3) is 2.30. The Morgan fingerprint density at radius 2 is 1.92 bits per heavy atom. The van der Waals surface area contributed by atoms with Crippen molar-refractivity contribution in [3.63, 3.8) is 0 Å². The van der Waals surface area contributed by atoms with E-state index in [1.165, 1.54) is 0 Å². The largest absolute Gasteiger partial charge is 0.381 e. The average molecular weight is 176 g/mol. The number of nitrogens with zero attached hydrogens (tertiary/aromatic N) is 1. The molecule has 0 aliphatic heterocycles. The Morgan fingerprint density at radius 3 is 2.46 bits per heavy atom. The zero-order chi connectivity index (χ0) is 9.84. The molecule has 0 bridgehead atoms. The minimum absolute atomic E-state index is 0.0503. The number of aryl methyl sites for hydroxylation is 1. The van der Waals surface area contributed by atoms with E-state index in [9.17, 15) is 0 Å². The van der Waals surface area contributed by atoms with E-state index < -0.39 is 0 Å². The predicted molar refractivity (Wildman–Crippen MR) is 54.4 cm³/mol. The molecule has 0 unspecified atom stereocenters. The van der Waals surface area contributed by atoms with E-state index in [0.717, 1.165) is 11.3 Å². The van der Waals surface area contributed by atoms with Gasteiger partial charge in [-0.05, 0) is 18.6 Å². The molecule has 1 rings (SSSR count). The highest BCUT2D eigenvalue weighted by atomic mass is 14.9. The molecule has 0 amide bonds. The van der Waals surface area contributed by atoms with Crippen LogP contribution in [0.15, 0.2) is 29.3 Å². The molecule has 0 fully saturated rings. The highest BCUT2D eigenvalue weighted by molar-refractivity contribution is 6.38. The third-order valence-corrected chi connectivity index (χ3v) is 1.63. The van der Waals surface area contributed by atoms with Gasteiger partial charge >= 0.3 is 0 Å². The molecular weight excluding hydrogens is 164 g/mol. The monoisotopic (exact) mass is 176 g/mol. The summed E-state index contributed by atoms with van der Waals surface area (Å²) in [6, 6.07) is 7.52. The molecule has 0 atom stereocenters. The molecule has 0 heterocycles. The molecule has 4 nitrogen and oxygen atoms in total. The van der Waals surface area contributed by atoms with Gasteiger partial charge in [0, 0.05) is 0 Å². The van der Waals surface area contributed by atoms with Gasteiger partial charge in [0.15, 0.2) is 11.7 Å². The summed E-state index contributed by atoms with van der Waals surface area (Å²) < 4.78 is 0. The van der Waals surface area contributed by atoms with Gasteiger partial charge in [-0.15, -0.1) is 0 Å². The maximum Gasteiger partial charge on any atom is 0.166 e. The number of hydrogen-bond acceptors (Lipinski definition) is 2. The molecule has 5 N–H and O–H groups in total. The van der Waals surface area contributed by atoms with Crippen molar-refractivity contribution in [2.75, 3.05) is 0 Å². The Bertz CT molecular complexity index is 354. The van der Waals surface area contributed by atoms with Crippen LogP contribution in [0.5, 0.6) is 0 Å². The molecule has 68 valence electrons. The fourth-order valence-electron chi connectivity index (χ4n) is 0.879. The van der Waals surface area contributed by atoms with Crippen LogP contribution in [0, 0.1) is 12.3 Å². The zero-order valence-corrected chi connectivity index (χ0v) is 7.41. The summed E-state index contributed by atoms with van der Waals surface area (Å²) in [5.41, 5.74) is 12.3. The van der Waals surface area contributed by atoms with Crippen molar-refractivity contribution in [1.29, 1.82) is 5.41 Å². The summed E-state index contributed by atoms with van der Waals surface area (Å²) >= 11 is 0. The molecule has 13 heavy (non-hydrogen) atoms. The highest BCUT2D eigenvalue weighted by Crippen LogP contribution is 2.16. The molecule has 1 aromatic carbocycles. The van der Waals surface area contributed by atoms with Crippen molar-refractivity contribution >= 4 is 17.4 Å². The second-order valence-electron chi connectivity index (χ2n) is 2.70. The topological polar surface area (TPSA) is 88.2 Å². The second-order valence-corrected chi connectivity index (χ2v) is 2.70. The van der Waals surface area contributed by atoms with Crippen molar-refractivity contribution in [2.24, 2.45) is 16.5 Å². The second kappa shape index (κ2) is 3.71. The molecule has 0 aromatic heterocycles. The maximum absolute atomic E-state index is 7.04. The van der Waals surface area contributed by atoms with Crippen molar-refractivity contribution < 1.29 is 0 Å². The Labute approximate surface area is 76.8 Å². The number of amidine groups is 2. The van der Waals surface area contributed by atoms with Crippen LogP contribution in [0.2, 0.25) is 0 Å². The first-order chi connectivity index (χ1) is 6.11. The number of hydrogen-bond donors (Lipinski definition) is 3. The maximum atomic E-state index is 7.04. The van der Waals surface area contributed by atoms with Crippen molar-refractivity contribution in [2.45, 2.75) is 6.92 Å². The summed E-state index contributed by atoms with van der Waals surface area (Å²) in [4.78, 5) is 4.00. The fourth-order valence-corrected chi connectivity index (χ4v) is 0.879. The normalized spacial score (nSPS) is 11.3. The van der Waals surface area contributed by atoms with E-state index >= 15 is 0 Å². The van der Waals surface area contributed by atoms with Gasteiger partial charge < -0.3 is 11.5 Å². The lowest BCUT2D eigenvalue weighted by molar-refractivity contribution is 1.37. The van der Waals surface area contributed by atoms with E-state index in [0.29, 0.717) is 0 Å². The van der Waals surface area contributed by atoms with E-state index in [2.05, 4.69) is 4.99 Å². The zero-order valence-electron chi connectivity index (χ0n) is 7.41. The lowest BCUT2D eigenvalue weighted by atomic mass is 10.2. The minimum atomic E-state index is -0.205. The van der Waals surface area contributed by atoms with Gasteiger partial charge in [-0.2, -0.15) is 0 Å². The third-order valence-electron chi connectivity index (χ3n) is 1.63. The van der Waals surface area contributed by atoms with E-state index in [1.54, 1.807) is 0 Å². The Morgan fingerprint density at radius 1 is 1.31 bits per heavy atom. The Kier molecular flexibility index (Phi) is 2.64. The SMILES string of the molecule is Cc1ccccc1N=C(N)C(=N)N. The van der Waals surface area contributed by atoms with Gasteiger partial charge in [0.05, 0.1) is 5.69 Å². The van der Waals surface area contributed by atoms with Gasteiger partial charge in [0.1, 0.15) is 0 Å². The van der Waals surface area contributed by atoms with Crippen LogP contribution >= 0.6 is 0 Å². The van der Waals surface area contributed by atoms with Crippen molar-refractivity contribution in [3.05, 3.63) is 29.8 Å². The minimum Gasteiger partial charge on any atom is -0.381 e. The summed E-state index contributed by atoms with van der Waals surface area (Å²) in [5, 5.41) is 7.04. The van der Waals surface area contributed by atoms with Gasteiger partial charge in [0.2, 0.25) is 0 Å². The summed E-state index contributed by atoms with van der Waals surface area (Å²) in [6.07, 6.45) is 0. The van der Waals surface area contributed by atoms with Crippen molar-refractivity contribution in [1.82, 2.24) is 0 Å². The molecule has 1 aromatic rings. The number of para-hydroxylation sites is 1. The van der Waals surface area contributed by atoms with E-state index in [1.807, 2.05) is 31.2 Å². The molecule has 0 saturated carbocycles. The van der Waals surface area contributed by atoms with Crippen LogP contribution in [-0.2, 0) is 0 Å². The number of rotatable bonds is 1. The summed E-state index contributed by atoms with van der Waals surface area (Å²) in [6.45, 7) is 1.92. The van der Waals surface area contributed by atoms with E-state index in [-0.39, 0.29) is 11.7 Å². The van der Waals surface area contributed by atoms with Crippen LogP contribution in [0.3, 0.4) is 0 Å². The lowest BCUT2D eigenvalue weighted by Crippen LogP contribution is -2.29. The van der Waals surface area contributed by atoms with Crippen LogP contribution in [0.4, 0.5) is 5.69 Å². The smallest absolute Gasteiger partial charge is 0.166 e. The Balaban J connectivity index is 3.04. The highest BCUT2D eigenvalue weighted by Gasteiger charge is 1.98. The fraction of sp³-hybridized carbons (Fsp3) is 0.111. The predicted octanol–water partition coefficient (Wildman–Crippen LogP) is 0.920. The average Bonchev–Trinajstić information content (AvgIpc) is 2.08. The first-order valence-corrected chi connectivity index (χ1v) is 3.85. The van der Waals surface area contributed by atoms with Gasteiger partial charge in [-0.3, -0.25) is 5.41 Å². The van der Waals surface area contributed by atoms with Crippen LogP contribution in [-0.4, -0.2) is 11.7 Å². The molecule has 0 spiro atoms. The van der Waals surface area contributed by atoms with Gasteiger partial charge in [-0.25, -0.2) is 4.99 Å². The number of nitrogens with one attached hydrogen (secondary N) is 1. The number of nitrogens with two attached hydrogens (primary N) is 2. The van der Waals surface area contributed by atoms with Crippen LogP contribution in [0.1, 0.15) is 5.56 Å². The Hall–Kier alpha value is -1.84. The van der Waals surface area contributed by atoms with Crippen molar-refractivity contribution in [3.8, 4) is 0 Å². The molecule has 0 radical (unpaired) electrons.